The van der Waals surface area contributed by atoms with Crippen LogP contribution in [0.5, 0.6) is 0 Å². The molecule has 0 radical (unpaired) electrons. The summed E-state index contributed by atoms with van der Waals surface area (Å²) < 4.78 is 73.3. The van der Waals surface area contributed by atoms with Gasteiger partial charge in [0.05, 0.1) is 77.0 Å². The summed E-state index contributed by atoms with van der Waals surface area (Å²) >= 11 is 0. The number of fused-ring (bicyclic) bond motifs is 2. The van der Waals surface area contributed by atoms with Crippen LogP contribution in [0, 0.1) is 0 Å². The number of quaternary nitrogens is 2. The minimum atomic E-state index is -4.40. The van der Waals surface area contributed by atoms with Crippen LogP contribution in [0.25, 0.3) is 0 Å². The van der Waals surface area contributed by atoms with Gasteiger partial charge in [-0.2, -0.15) is 21.4 Å². The molecule has 0 amide bonds. The predicted molar refractivity (Wildman–Crippen MR) is 259 cm³/mol. The van der Waals surface area contributed by atoms with E-state index in [4.69, 9.17) is 5.73 Å². The second kappa shape index (κ2) is 18.4. The van der Waals surface area contributed by atoms with Crippen molar-refractivity contribution in [2.75, 3.05) is 85.6 Å². The number of anilines is 2. The number of hydrogen-bond acceptors (Lipinski definition) is 7. The van der Waals surface area contributed by atoms with Gasteiger partial charge in [-0.05, 0) is 110 Å². The van der Waals surface area contributed by atoms with Crippen LogP contribution in [-0.2, 0) is 37.5 Å². The van der Waals surface area contributed by atoms with Crippen LogP contribution in [0.2, 0.25) is 0 Å². The molecule has 0 unspecified atom stereocenters. The zero-order valence-corrected chi connectivity index (χ0v) is 41.2. The van der Waals surface area contributed by atoms with Gasteiger partial charge in [-0.3, -0.25) is 9.11 Å². The molecule has 6 rings (SSSR count). The van der Waals surface area contributed by atoms with E-state index in [-0.39, 0.29) is 9.79 Å². The number of rotatable bonds is 17. The van der Waals surface area contributed by atoms with Gasteiger partial charge in [-0.25, -0.2) is 0 Å². The van der Waals surface area contributed by atoms with Crippen molar-refractivity contribution in [2.45, 2.75) is 86.8 Å². The smallest absolute Gasteiger partial charge is 0.294 e. The molecular weight excluding hydrogens is 845 g/mol. The van der Waals surface area contributed by atoms with Gasteiger partial charge in [0.1, 0.15) is 0 Å². The molecule has 1 aliphatic carbocycles. The molecule has 5 N–H and O–H groups in total. The number of hydrogen-bond donors (Lipinski definition) is 4. The SMILES string of the molecule is CC1(C)C(=CC=C2CCCC(C=CC3=[N+](CCC[N+](C)(C)C)c4ccc(S(=O)(=O)O)cc4C3(C)C)=C2NCCc2ccc(N)cc2)N(CCC[N+](C)(C)C)c2ccc(S(=O)(=O)O)cc21. The Morgan fingerprint density at radius 1 is 0.766 bits per heavy atom. The third-order valence-corrected chi connectivity index (χ3v) is 14.6. The van der Waals surface area contributed by atoms with Crippen molar-refractivity contribution in [3.05, 3.63) is 124 Å². The molecule has 3 aromatic carbocycles. The number of allylic oxidation sites excluding steroid dienone is 7. The third-order valence-electron chi connectivity index (χ3n) is 12.9. The van der Waals surface area contributed by atoms with Gasteiger partial charge < -0.3 is 24.9 Å². The van der Waals surface area contributed by atoms with E-state index >= 15 is 0 Å². The highest BCUT2D eigenvalue weighted by Crippen LogP contribution is 2.49. The minimum Gasteiger partial charge on any atom is -0.399 e. The van der Waals surface area contributed by atoms with E-state index in [1.54, 1.807) is 12.1 Å². The molecule has 0 saturated heterocycles. The number of nitrogens with two attached hydrogens (primary N) is 1. The Balaban J connectivity index is 1.45. The summed E-state index contributed by atoms with van der Waals surface area (Å²) in [5.74, 6) is 0. The van der Waals surface area contributed by atoms with Crippen molar-refractivity contribution < 1.29 is 39.5 Å². The van der Waals surface area contributed by atoms with Gasteiger partial charge in [0.25, 0.3) is 20.2 Å². The molecule has 2 aliphatic heterocycles. The molecule has 12 nitrogen and oxygen atoms in total. The van der Waals surface area contributed by atoms with Gasteiger partial charge in [0.15, 0.2) is 12.3 Å². The van der Waals surface area contributed by atoms with E-state index in [1.165, 1.54) is 28.8 Å². The highest BCUT2D eigenvalue weighted by Gasteiger charge is 2.45. The summed E-state index contributed by atoms with van der Waals surface area (Å²) in [4.78, 5) is 2.09. The molecule has 3 aromatic rings. The number of nitrogen functional groups attached to an aromatic ring is 1. The van der Waals surface area contributed by atoms with Gasteiger partial charge in [0, 0.05) is 65.4 Å². The number of nitrogens with one attached hydrogen (secondary N) is 1. The van der Waals surface area contributed by atoms with Crippen molar-refractivity contribution in [1.82, 2.24) is 5.32 Å². The Hall–Kier alpha value is -4.57. The van der Waals surface area contributed by atoms with Crippen LogP contribution in [-0.4, -0.2) is 120 Å². The monoisotopic (exact) mass is 915 g/mol. The van der Waals surface area contributed by atoms with Crippen LogP contribution < -0.4 is 16.0 Å². The van der Waals surface area contributed by atoms with Gasteiger partial charge in [-0.15, -0.1) is 0 Å². The first-order valence-corrected chi connectivity index (χ1v) is 25.2. The van der Waals surface area contributed by atoms with E-state index < -0.39 is 31.1 Å². The third kappa shape index (κ3) is 11.3. The largest absolute Gasteiger partial charge is 0.399 e. The quantitative estimate of drug-likeness (QED) is 0.0461. The maximum Gasteiger partial charge on any atom is 0.294 e. The van der Waals surface area contributed by atoms with E-state index in [0.29, 0.717) is 6.54 Å². The molecule has 346 valence electrons. The van der Waals surface area contributed by atoms with Crippen molar-refractivity contribution in [1.29, 1.82) is 0 Å². The van der Waals surface area contributed by atoms with Gasteiger partial charge in [0.2, 0.25) is 5.69 Å². The fourth-order valence-corrected chi connectivity index (χ4v) is 10.4. The van der Waals surface area contributed by atoms with Crippen molar-refractivity contribution in [3.8, 4) is 0 Å². The van der Waals surface area contributed by atoms with Crippen LogP contribution in [0.4, 0.5) is 17.1 Å². The maximum atomic E-state index is 12.3. The van der Waals surface area contributed by atoms with Crippen LogP contribution in [0.15, 0.2) is 117 Å². The Bertz CT molecular complexity index is 2640. The first-order valence-electron chi connectivity index (χ1n) is 22.4. The van der Waals surface area contributed by atoms with Crippen LogP contribution >= 0.6 is 0 Å². The molecule has 0 spiro atoms. The lowest BCUT2D eigenvalue weighted by molar-refractivity contribution is -0.871. The Labute approximate surface area is 382 Å². The Morgan fingerprint density at radius 2 is 1.38 bits per heavy atom. The molecule has 0 atom stereocenters. The summed E-state index contributed by atoms with van der Waals surface area (Å²) in [7, 11) is 4.29. The fourth-order valence-electron chi connectivity index (χ4n) is 9.38. The molecule has 0 aromatic heterocycles. The van der Waals surface area contributed by atoms with Gasteiger partial charge >= 0.3 is 0 Å². The molecule has 0 bridgehead atoms. The summed E-state index contributed by atoms with van der Waals surface area (Å²) in [5.41, 5.74) is 15.9. The lowest BCUT2D eigenvalue weighted by Crippen LogP contribution is -2.37. The Morgan fingerprint density at radius 3 is 2.00 bits per heavy atom. The van der Waals surface area contributed by atoms with E-state index in [1.807, 2.05) is 24.3 Å². The lowest BCUT2D eigenvalue weighted by atomic mass is 9.81. The molecule has 0 saturated carbocycles. The summed E-state index contributed by atoms with van der Waals surface area (Å²) in [6.07, 6.45) is 14.2. The van der Waals surface area contributed by atoms with Gasteiger partial charge in [-0.1, -0.05) is 38.1 Å². The topological polar surface area (TPSA) is 153 Å². The second-order valence-corrected chi connectivity index (χ2v) is 23.6. The molecular formula is C50H71N6O6S2+3. The standard InChI is InChI=1S/C50H68N6O6S2/c1-49(2)42-34-40(63(57,58)59)22-24-44(42)53(30-12-32-55(5,6)7)46(49)26-18-37-14-11-15-38(48(37)52-29-28-36-16-20-39(51)21-17-36)19-27-47-50(3,4)43-35-41(64(60,61)62)23-25-45(43)54(47)31-13-33-56(8,9)10/h16-27,34-35H,11-15,28-33,51H2,1-10H3/p+3. The van der Waals surface area contributed by atoms with Crippen LogP contribution in [0.3, 0.4) is 0 Å². The highest BCUT2D eigenvalue weighted by atomic mass is 32.2. The first-order chi connectivity index (χ1) is 29.7. The average Bonchev–Trinajstić information content (AvgIpc) is 3.53. The Kier molecular flexibility index (Phi) is 14.0. The number of benzene rings is 3. The molecule has 2 heterocycles. The predicted octanol–water partition coefficient (Wildman–Crippen LogP) is 7.77. The zero-order chi connectivity index (χ0) is 47.0. The molecule has 64 heavy (non-hydrogen) atoms. The highest BCUT2D eigenvalue weighted by molar-refractivity contribution is 7.86. The molecule has 0 fully saturated rings. The number of nitrogens with zero attached hydrogens (tertiary/aromatic N) is 4. The maximum absolute atomic E-state index is 12.3. The molecule has 14 heteroatoms. The minimum absolute atomic E-state index is 0.110. The van der Waals surface area contributed by atoms with E-state index in [0.717, 1.165) is 119 Å². The van der Waals surface area contributed by atoms with Crippen LogP contribution in [0.1, 0.15) is 76.5 Å². The van der Waals surface area contributed by atoms with Crippen molar-refractivity contribution in [2.24, 2.45) is 0 Å². The average molecular weight is 916 g/mol. The van der Waals surface area contributed by atoms with E-state index in [9.17, 15) is 25.9 Å². The lowest BCUT2D eigenvalue weighted by Gasteiger charge is -2.29. The zero-order valence-electron chi connectivity index (χ0n) is 39.6. The normalized spacial score (nSPS) is 19.0. The van der Waals surface area contributed by atoms with E-state index in [2.05, 4.69) is 121 Å². The van der Waals surface area contributed by atoms with Crippen molar-refractivity contribution >= 4 is 43.0 Å². The molecule has 3 aliphatic rings. The second-order valence-electron chi connectivity index (χ2n) is 20.7. The van der Waals surface area contributed by atoms with Crippen molar-refractivity contribution in [3.63, 3.8) is 0 Å². The summed E-state index contributed by atoms with van der Waals surface area (Å²) in [6, 6.07) is 17.8. The summed E-state index contributed by atoms with van der Waals surface area (Å²) in [6.45, 7) is 12.6. The first kappa shape index (κ1) is 48.9. The summed E-state index contributed by atoms with van der Waals surface area (Å²) in [5, 5.41) is 3.85. The fraction of sp³-hybridized carbons (Fsp3) is 0.460.